The number of hydrogen-bond donors (Lipinski definition) is 1. The normalized spacial score (nSPS) is 17.6. The van der Waals surface area contributed by atoms with Crippen LogP contribution < -0.4 is 5.32 Å². The van der Waals surface area contributed by atoms with Crippen LogP contribution in [0, 0.1) is 11.3 Å². The van der Waals surface area contributed by atoms with Gasteiger partial charge in [0.1, 0.15) is 5.41 Å². The van der Waals surface area contributed by atoms with Crippen LogP contribution in [0.3, 0.4) is 0 Å². The van der Waals surface area contributed by atoms with Gasteiger partial charge in [-0.1, -0.05) is 18.5 Å². The Kier molecular flexibility index (Phi) is 6.29. The zero-order chi connectivity index (χ0) is 19.5. The molecule has 0 spiro atoms. The number of amides is 2. The first kappa shape index (κ1) is 20.2. The quantitative estimate of drug-likeness (QED) is 0.642. The van der Waals surface area contributed by atoms with E-state index in [0.717, 1.165) is 12.8 Å². The number of esters is 1. The molecule has 1 unspecified atom stereocenters. The average molecular weight is 381 g/mol. The topological polar surface area (TPSA) is 75.7 Å². The lowest BCUT2D eigenvalue weighted by Gasteiger charge is -2.36. The van der Waals surface area contributed by atoms with Crippen molar-refractivity contribution in [2.45, 2.75) is 33.6 Å². The molecule has 1 fully saturated rings. The summed E-state index contributed by atoms with van der Waals surface area (Å²) in [4.78, 5) is 39.0. The van der Waals surface area contributed by atoms with Crippen molar-refractivity contribution in [3.8, 4) is 0 Å². The van der Waals surface area contributed by atoms with Crippen LogP contribution in [0.25, 0.3) is 0 Å². The number of halogens is 1. The van der Waals surface area contributed by atoms with E-state index in [1.165, 1.54) is 25.3 Å². The smallest absolute Gasteiger partial charge is 0.337 e. The number of carbonyl (C=O) groups is 3. The molecule has 1 aromatic carbocycles. The molecule has 26 heavy (non-hydrogen) atoms. The molecule has 7 heteroatoms. The fourth-order valence-electron chi connectivity index (χ4n) is 3.01. The minimum Gasteiger partial charge on any atom is -0.465 e. The molecule has 0 aromatic heterocycles. The number of anilines is 1. The van der Waals surface area contributed by atoms with Crippen LogP contribution in [0.5, 0.6) is 0 Å². The summed E-state index contributed by atoms with van der Waals surface area (Å²) in [5, 5.41) is 2.95. The van der Waals surface area contributed by atoms with Gasteiger partial charge < -0.3 is 15.0 Å². The summed E-state index contributed by atoms with van der Waals surface area (Å²) < 4.78 is 4.68. The van der Waals surface area contributed by atoms with E-state index in [1.54, 1.807) is 18.7 Å². The Morgan fingerprint density at radius 2 is 2.00 bits per heavy atom. The van der Waals surface area contributed by atoms with E-state index < -0.39 is 17.3 Å². The molecule has 0 radical (unpaired) electrons. The number of ether oxygens (including phenoxy) is 1. The van der Waals surface area contributed by atoms with Gasteiger partial charge in [0, 0.05) is 13.1 Å². The SMILES string of the molecule is COC(=O)c1ccc(Cl)c(NC(=O)C(C)(C)C(=O)N2CCCC(C)C2)c1. The van der Waals surface area contributed by atoms with Crippen molar-refractivity contribution in [3.05, 3.63) is 28.8 Å². The highest BCUT2D eigenvalue weighted by molar-refractivity contribution is 6.34. The van der Waals surface area contributed by atoms with Crippen molar-refractivity contribution in [1.82, 2.24) is 4.90 Å². The maximum atomic E-state index is 12.9. The lowest BCUT2D eigenvalue weighted by atomic mass is 9.88. The van der Waals surface area contributed by atoms with Gasteiger partial charge in [-0.25, -0.2) is 4.79 Å². The van der Waals surface area contributed by atoms with Crippen molar-refractivity contribution in [3.63, 3.8) is 0 Å². The van der Waals surface area contributed by atoms with E-state index in [9.17, 15) is 14.4 Å². The van der Waals surface area contributed by atoms with Crippen molar-refractivity contribution < 1.29 is 19.1 Å². The van der Waals surface area contributed by atoms with Gasteiger partial charge in [0.25, 0.3) is 0 Å². The van der Waals surface area contributed by atoms with Crippen molar-refractivity contribution in [2.24, 2.45) is 11.3 Å². The first-order valence-electron chi connectivity index (χ1n) is 8.65. The lowest BCUT2D eigenvalue weighted by Crippen LogP contribution is -2.50. The lowest BCUT2D eigenvalue weighted by molar-refractivity contribution is -0.147. The average Bonchev–Trinajstić information content (AvgIpc) is 2.62. The zero-order valence-corrected chi connectivity index (χ0v) is 16.4. The van der Waals surface area contributed by atoms with Crippen molar-refractivity contribution in [2.75, 3.05) is 25.5 Å². The van der Waals surface area contributed by atoms with Gasteiger partial charge >= 0.3 is 5.97 Å². The summed E-state index contributed by atoms with van der Waals surface area (Å²) in [6.45, 7) is 6.63. The molecule has 142 valence electrons. The van der Waals surface area contributed by atoms with Gasteiger partial charge in [0.15, 0.2) is 0 Å². The molecule has 0 aliphatic carbocycles. The molecule has 1 saturated heterocycles. The van der Waals surface area contributed by atoms with Crippen LogP contribution in [0.1, 0.15) is 44.0 Å². The first-order chi connectivity index (χ1) is 12.2. The third-order valence-corrected chi connectivity index (χ3v) is 5.01. The first-order valence-corrected chi connectivity index (χ1v) is 9.03. The number of nitrogens with zero attached hydrogens (tertiary/aromatic N) is 1. The van der Waals surface area contributed by atoms with Gasteiger partial charge in [-0.2, -0.15) is 0 Å². The van der Waals surface area contributed by atoms with Gasteiger partial charge in [-0.3, -0.25) is 9.59 Å². The molecule has 1 aliphatic heterocycles. The monoisotopic (exact) mass is 380 g/mol. The largest absolute Gasteiger partial charge is 0.465 e. The minimum atomic E-state index is -1.25. The Morgan fingerprint density at radius 3 is 2.62 bits per heavy atom. The Bertz CT molecular complexity index is 717. The summed E-state index contributed by atoms with van der Waals surface area (Å²) in [5.74, 6) is -0.779. The fraction of sp³-hybridized carbons (Fsp3) is 0.526. The van der Waals surface area contributed by atoms with Gasteiger partial charge in [0.2, 0.25) is 11.8 Å². The number of rotatable bonds is 4. The Balaban J connectivity index is 2.17. The summed E-state index contributed by atoms with van der Waals surface area (Å²) in [6, 6.07) is 4.45. The second-order valence-electron chi connectivity index (χ2n) is 7.26. The molecule has 0 bridgehead atoms. The number of carbonyl (C=O) groups excluding carboxylic acids is 3. The van der Waals surface area contributed by atoms with Crippen LogP contribution in [0.15, 0.2) is 18.2 Å². The predicted molar refractivity (Wildman–Crippen MR) is 100 cm³/mol. The highest BCUT2D eigenvalue weighted by Crippen LogP contribution is 2.28. The van der Waals surface area contributed by atoms with Gasteiger partial charge in [-0.15, -0.1) is 0 Å². The van der Waals surface area contributed by atoms with E-state index in [2.05, 4.69) is 17.0 Å². The highest BCUT2D eigenvalue weighted by Gasteiger charge is 2.40. The molecule has 6 nitrogen and oxygen atoms in total. The Hall–Kier alpha value is -2.08. The molecule has 1 N–H and O–H groups in total. The second-order valence-corrected chi connectivity index (χ2v) is 7.67. The second kappa shape index (κ2) is 8.08. The maximum absolute atomic E-state index is 12.9. The number of hydrogen-bond acceptors (Lipinski definition) is 4. The van der Waals surface area contributed by atoms with E-state index >= 15 is 0 Å². The van der Waals surface area contributed by atoms with Gasteiger partial charge in [-0.05, 0) is 50.8 Å². The summed E-state index contributed by atoms with van der Waals surface area (Å²) in [5.41, 5.74) is -0.713. The van der Waals surface area contributed by atoms with Gasteiger partial charge in [0.05, 0.1) is 23.4 Å². The van der Waals surface area contributed by atoms with Crippen LogP contribution in [-0.2, 0) is 14.3 Å². The summed E-state index contributed by atoms with van der Waals surface area (Å²) in [7, 11) is 1.27. The molecule has 1 aliphatic rings. The van der Waals surface area contributed by atoms with E-state index in [4.69, 9.17) is 11.6 Å². The molecular formula is C19H25ClN2O4. The molecule has 2 rings (SSSR count). The maximum Gasteiger partial charge on any atom is 0.337 e. The third kappa shape index (κ3) is 4.36. The molecule has 1 aromatic rings. The van der Waals surface area contributed by atoms with E-state index in [1.807, 2.05) is 0 Å². The fourth-order valence-corrected chi connectivity index (χ4v) is 3.18. The number of benzene rings is 1. The zero-order valence-electron chi connectivity index (χ0n) is 15.6. The standard InChI is InChI=1S/C19H25ClN2O4/c1-12-6-5-9-22(11-12)18(25)19(2,3)17(24)21-15-10-13(16(23)26-4)7-8-14(15)20/h7-8,10,12H,5-6,9,11H2,1-4H3,(H,21,24). The predicted octanol–water partition coefficient (Wildman–Crippen LogP) is 3.35. The Morgan fingerprint density at radius 1 is 1.31 bits per heavy atom. The van der Waals surface area contributed by atoms with Crippen molar-refractivity contribution >= 4 is 35.1 Å². The van der Waals surface area contributed by atoms with Crippen LogP contribution >= 0.6 is 11.6 Å². The van der Waals surface area contributed by atoms with E-state index in [-0.39, 0.29) is 22.2 Å². The number of piperidine rings is 1. The molecule has 0 saturated carbocycles. The minimum absolute atomic E-state index is 0.207. The van der Waals surface area contributed by atoms with Crippen LogP contribution in [0.4, 0.5) is 5.69 Å². The van der Waals surface area contributed by atoms with E-state index in [0.29, 0.717) is 19.0 Å². The number of methoxy groups -OCH3 is 1. The van der Waals surface area contributed by atoms with Crippen LogP contribution in [-0.4, -0.2) is 42.9 Å². The van der Waals surface area contributed by atoms with Crippen molar-refractivity contribution in [1.29, 1.82) is 0 Å². The molecule has 1 atom stereocenters. The Labute approximate surface area is 158 Å². The summed E-state index contributed by atoms with van der Waals surface area (Å²) in [6.07, 6.45) is 2.03. The molecular weight excluding hydrogens is 356 g/mol. The highest BCUT2D eigenvalue weighted by atomic mass is 35.5. The molecule has 2 amide bonds. The van der Waals surface area contributed by atoms with Crippen LogP contribution in [0.2, 0.25) is 5.02 Å². The summed E-state index contributed by atoms with van der Waals surface area (Å²) >= 11 is 6.12. The molecule has 1 heterocycles. The number of likely N-dealkylation sites (tertiary alicyclic amines) is 1. The number of nitrogens with one attached hydrogen (secondary N) is 1. The third-order valence-electron chi connectivity index (χ3n) is 4.68.